The van der Waals surface area contributed by atoms with Crippen molar-refractivity contribution < 1.29 is 0 Å². The van der Waals surface area contributed by atoms with Gasteiger partial charge in [0, 0.05) is 19.1 Å². The van der Waals surface area contributed by atoms with Gasteiger partial charge in [0.25, 0.3) is 0 Å². The summed E-state index contributed by atoms with van der Waals surface area (Å²) in [4.78, 5) is 2.86. The Morgan fingerprint density at radius 2 is 1.82 bits per heavy atom. The van der Waals surface area contributed by atoms with Crippen LogP contribution in [-0.4, -0.2) is 37.1 Å². The minimum absolute atomic E-state index is 0.928. The molecule has 2 saturated carbocycles. The third-order valence-corrected chi connectivity index (χ3v) is 5.38. The van der Waals surface area contributed by atoms with Crippen LogP contribution in [0.4, 0.5) is 0 Å². The molecule has 4 atom stereocenters. The lowest BCUT2D eigenvalue weighted by Gasteiger charge is -2.51. The van der Waals surface area contributed by atoms with Gasteiger partial charge in [-0.15, -0.1) is 0 Å². The van der Waals surface area contributed by atoms with E-state index in [-0.39, 0.29) is 0 Å². The Hall–Kier alpha value is -0.0800. The quantitative estimate of drug-likeness (QED) is 0.807. The molecule has 1 saturated heterocycles. The van der Waals surface area contributed by atoms with Crippen LogP contribution in [0.3, 0.4) is 0 Å². The third-order valence-electron chi connectivity index (χ3n) is 5.38. The van der Waals surface area contributed by atoms with Crippen LogP contribution in [0.1, 0.15) is 45.4 Å². The molecule has 98 valence electrons. The Balaban J connectivity index is 1.54. The average Bonchev–Trinajstić information content (AvgIpc) is 2.27. The van der Waals surface area contributed by atoms with E-state index in [2.05, 4.69) is 17.1 Å². The van der Waals surface area contributed by atoms with Crippen LogP contribution in [0.5, 0.6) is 0 Å². The molecule has 0 aromatic heterocycles. The largest absolute Gasteiger partial charge is 0.317 e. The second-order valence-electron chi connectivity index (χ2n) is 6.57. The molecule has 3 rings (SSSR count). The van der Waals surface area contributed by atoms with Gasteiger partial charge >= 0.3 is 0 Å². The van der Waals surface area contributed by atoms with E-state index in [1.165, 1.54) is 51.7 Å². The standard InChI is InChI=1S/C15H28N2/c1-2-16-9-14-6-7-15(14)17-10-12-4-3-5-13(8-12)11-17/h12-16H,2-11H2,1H3. The van der Waals surface area contributed by atoms with Crippen molar-refractivity contribution in [3.05, 3.63) is 0 Å². The van der Waals surface area contributed by atoms with Gasteiger partial charge in [0.05, 0.1) is 0 Å². The topological polar surface area (TPSA) is 15.3 Å². The number of nitrogens with zero attached hydrogens (tertiary/aromatic N) is 1. The lowest BCUT2D eigenvalue weighted by molar-refractivity contribution is -0.00758. The van der Waals surface area contributed by atoms with E-state index in [4.69, 9.17) is 0 Å². The summed E-state index contributed by atoms with van der Waals surface area (Å²) in [5.41, 5.74) is 0. The van der Waals surface area contributed by atoms with Crippen LogP contribution in [0.25, 0.3) is 0 Å². The molecule has 2 nitrogen and oxygen atoms in total. The Morgan fingerprint density at radius 3 is 2.41 bits per heavy atom. The summed E-state index contributed by atoms with van der Waals surface area (Å²) in [6.45, 7) is 7.45. The van der Waals surface area contributed by atoms with E-state index in [0.29, 0.717) is 0 Å². The third kappa shape index (κ3) is 2.53. The highest BCUT2D eigenvalue weighted by molar-refractivity contribution is 4.94. The highest BCUT2D eigenvalue weighted by Crippen LogP contribution is 2.40. The molecule has 2 heteroatoms. The van der Waals surface area contributed by atoms with Crippen molar-refractivity contribution in [3.8, 4) is 0 Å². The predicted octanol–water partition coefficient (Wildman–Crippen LogP) is 2.50. The number of rotatable bonds is 4. The molecule has 2 aliphatic carbocycles. The molecular weight excluding hydrogens is 208 g/mol. The van der Waals surface area contributed by atoms with Crippen LogP contribution in [-0.2, 0) is 0 Å². The lowest BCUT2D eigenvalue weighted by atomic mass is 9.73. The van der Waals surface area contributed by atoms with Gasteiger partial charge in [0.1, 0.15) is 0 Å². The van der Waals surface area contributed by atoms with Gasteiger partial charge in [0.2, 0.25) is 0 Å². The lowest BCUT2D eigenvalue weighted by Crippen LogP contribution is -2.55. The first-order valence-corrected chi connectivity index (χ1v) is 7.81. The molecule has 0 aromatic carbocycles. The molecule has 4 unspecified atom stereocenters. The van der Waals surface area contributed by atoms with Gasteiger partial charge in [-0.25, -0.2) is 0 Å². The van der Waals surface area contributed by atoms with Crippen LogP contribution < -0.4 is 5.32 Å². The van der Waals surface area contributed by atoms with Gasteiger partial charge < -0.3 is 5.32 Å². The maximum atomic E-state index is 3.54. The minimum atomic E-state index is 0.928. The zero-order valence-corrected chi connectivity index (χ0v) is 11.3. The first-order valence-electron chi connectivity index (χ1n) is 7.81. The summed E-state index contributed by atoms with van der Waals surface area (Å²) in [5, 5.41) is 3.54. The fraction of sp³-hybridized carbons (Fsp3) is 1.00. The zero-order chi connectivity index (χ0) is 11.7. The average molecular weight is 236 g/mol. The number of hydrogen-bond acceptors (Lipinski definition) is 2. The Labute approximate surface area is 106 Å². The molecule has 0 aromatic rings. The second-order valence-corrected chi connectivity index (χ2v) is 6.57. The second kappa shape index (κ2) is 5.27. The Kier molecular flexibility index (Phi) is 3.72. The van der Waals surface area contributed by atoms with Crippen molar-refractivity contribution in [1.82, 2.24) is 10.2 Å². The van der Waals surface area contributed by atoms with Crippen molar-refractivity contribution in [2.75, 3.05) is 26.2 Å². The van der Waals surface area contributed by atoms with Gasteiger partial charge in [0.15, 0.2) is 0 Å². The van der Waals surface area contributed by atoms with Gasteiger partial charge in [-0.2, -0.15) is 0 Å². The van der Waals surface area contributed by atoms with Crippen LogP contribution >= 0.6 is 0 Å². The molecule has 3 aliphatic rings. The number of hydrogen-bond donors (Lipinski definition) is 1. The fourth-order valence-electron chi connectivity index (χ4n) is 4.34. The van der Waals surface area contributed by atoms with Crippen LogP contribution in [0.2, 0.25) is 0 Å². The molecule has 0 amide bonds. The van der Waals surface area contributed by atoms with Crippen LogP contribution in [0.15, 0.2) is 0 Å². The highest BCUT2D eigenvalue weighted by Gasteiger charge is 2.40. The highest BCUT2D eigenvalue weighted by atomic mass is 15.2. The molecule has 0 radical (unpaired) electrons. The number of fused-ring (bicyclic) bond motifs is 2. The summed E-state index contributed by atoms with van der Waals surface area (Å²) in [6, 6.07) is 0.928. The van der Waals surface area contributed by atoms with Gasteiger partial charge in [-0.1, -0.05) is 13.3 Å². The van der Waals surface area contributed by atoms with Crippen molar-refractivity contribution in [2.45, 2.75) is 51.5 Å². The Bertz CT molecular complexity index is 241. The first kappa shape index (κ1) is 12.0. The maximum Gasteiger partial charge on any atom is 0.0136 e. The molecule has 1 heterocycles. The molecule has 0 spiro atoms. The van der Waals surface area contributed by atoms with E-state index in [1.54, 1.807) is 6.42 Å². The summed E-state index contributed by atoms with van der Waals surface area (Å²) in [5.74, 6) is 3.04. The molecule has 1 N–H and O–H groups in total. The summed E-state index contributed by atoms with van der Waals surface area (Å²) >= 11 is 0. The van der Waals surface area contributed by atoms with E-state index < -0.39 is 0 Å². The Morgan fingerprint density at radius 1 is 1.06 bits per heavy atom. The normalized spacial score (nSPS) is 42.2. The predicted molar refractivity (Wildman–Crippen MR) is 72.1 cm³/mol. The van der Waals surface area contributed by atoms with E-state index in [0.717, 1.165) is 30.3 Å². The SMILES string of the molecule is CCNCC1CCC1N1CC2CCCC(C2)C1. The van der Waals surface area contributed by atoms with E-state index in [9.17, 15) is 0 Å². The summed E-state index contributed by atoms with van der Waals surface area (Å²) < 4.78 is 0. The summed E-state index contributed by atoms with van der Waals surface area (Å²) in [6.07, 6.45) is 9.00. The molecular formula is C15H28N2. The minimum Gasteiger partial charge on any atom is -0.317 e. The van der Waals surface area contributed by atoms with Crippen molar-refractivity contribution in [2.24, 2.45) is 17.8 Å². The number of nitrogens with one attached hydrogen (secondary N) is 1. The fourth-order valence-corrected chi connectivity index (χ4v) is 4.34. The van der Waals surface area contributed by atoms with Crippen molar-refractivity contribution in [1.29, 1.82) is 0 Å². The smallest absolute Gasteiger partial charge is 0.0136 e. The van der Waals surface area contributed by atoms with Gasteiger partial charge in [-0.3, -0.25) is 4.90 Å². The molecule has 3 fully saturated rings. The van der Waals surface area contributed by atoms with E-state index >= 15 is 0 Å². The van der Waals surface area contributed by atoms with Gasteiger partial charge in [-0.05, 0) is 62.9 Å². The van der Waals surface area contributed by atoms with Crippen LogP contribution in [0, 0.1) is 17.8 Å². The number of likely N-dealkylation sites (tertiary alicyclic amines) is 1. The van der Waals surface area contributed by atoms with Crippen molar-refractivity contribution in [3.63, 3.8) is 0 Å². The first-order chi connectivity index (χ1) is 8.36. The molecule has 1 aliphatic heterocycles. The zero-order valence-electron chi connectivity index (χ0n) is 11.3. The van der Waals surface area contributed by atoms with E-state index in [1.807, 2.05) is 0 Å². The van der Waals surface area contributed by atoms with Crippen molar-refractivity contribution >= 4 is 0 Å². The molecule has 17 heavy (non-hydrogen) atoms. The summed E-state index contributed by atoms with van der Waals surface area (Å²) in [7, 11) is 0. The maximum absolute atomic E-state index is 3.54. The molecule has 2 bridgehead atoms. The number of piperidine rings is 1. The monoisotopic (exact) mass is 236 g/mol.